The van der Waals surface area contributed by atoms with Crippen molar-refractivity contribution in [1.82, 2.24) is 4.90 Å². The van der Waals surface area contributed by atoms with Crippen LogP contribution < -0.4 is 10.1 Å². The summed E-state index contributed by atoms with van der Waals surface area (Å²) in [5.74, 6) is 0.134. The minimum atomic E-state index is -0.754. The molecule has 2 amide bonds. The van der Waals surface area contributed by atoms with Gasteiger partial charge in [-0.1, -0.05) is 23.7 Å². The molecule has 3 rings (SSSR count). The highest BCUT2D eigenvalue weighted by Crippen LogP contribution is 2.29. The van der Waals surface area contributed by atoms with E-state index < -0.39 is 6.10 Å². The lowest BCUT2D eigenvalue weighted by atomic mass is 10.1. The first-order valence-electron chi connectivity index (χ1n) is 9.26. The second kappa shape index (κ2) is 9.43. The highest BCUT2D eigenvalue weighted by Gasteiger charge is 2.23. The predicted octanol–water partition coefficient (Wildman–Crippen LogP) is 5.13. The van der Waals surface area contributed by atoms with Crippen LogP contribution in [0.1, 0.15) is 36.5 Å². The Kier molecular flexibility index (Phi) is 6.97. The molecule has 2 aromatic rings. The summed E-state index contributed by atoms with van der Waals surface area (Å²) >= 11 is 9.31. The van der Waals surface area contributed by atoms with E-state index in [1.54, 1.807) is 49.4 Å². The average Bonchev–Trinajstić information content (AvgIpc) is 2.70. The minimum absolute atomic E-state index is 0.0513. The molecule has 1 atom stereocenters. The van der Waals surface area contributed by atoms with Gasteiger partial charge in [-0.25, -0.2) is 0 Å². The van der Waals surface area contributed by atoms with Crippen LogP contribution in [0.25, 0.3) is 0 Å². The topological polar surface area (TPSA) is 58.6 Å². The summed E-state index contributed by atoms with van der Waals surface area (Å²) in [5, 5.41) is 3.40. The number of carbonyl (C=O) groups excluding carboxylic acids is 2. The third-order valence-corrected chi connectivity index (χ3v) is 5.48. The van der Waals surface area contributed by atoms with Crippen LogP contribution in [0, 0.1) is 0 Å². The fourth-order valence-electron chi connectivity index (χ4n) is 3.10. The third-order valence-electron chi connectivity index (χ3n) is 4.63. The highest BCUT2D eigenvalue weighted by molar-refractivity contribution is 9.10. The van der Waals surface area contributed by atoms with Gasteiger partial charge in [-0.15, -0.1) is 0 Å². The predicted molar refractivity (Wildman–Crippen MR) is 114 cm³/mol. The smallest absolute Gasteiger partial charge is 0.265 e. The van der Waals surface area contributed by atoms with Crippen LogP contribution >= 0.6 is 27.5 Å². The summed E-state index contributed by atoms with van der Waals surface area (Å²) in [6, 6.07) is 12.2. The van der Waals surface area contributed by atoms with Crippen molar-refractivity contribution in [1.29, 1.82) is 0 Å². The molecule has 1 aliphatic heterocycles. The number of nitrogens with zero attached hydrogens (tertiary/aromatic N) is 1. The molecule has 7 heteroatoms. The fraction of sp³-hybridized carbons (Fsp3) is 0.333. The number of likely N-dealkylation sites (tertiary alicyclic amines) is 1. The Hall–Kier alpha value is -2.05. The standard InChI is InChI=1S/C21H22BrClN2O3/c1-14(28-19-10-9-15(23)13-17(19)22)20(26)24-18-8-4-3-7-16(18)21(27)25-11-5-2-6-12-25/h3-4,7-10,13-14H,2,5-6,11-12H2,1H3,(H,24,26)/t14-/m1/s1. The number of anilines is 1. The van der Waals surface area contributed by atoms with E-state index in [0.717, 1.165) is 32.4 Å². The zero-order valence-corrected chi connectivity index (χ0v) is 17.9. The number of rotatable bonds is 5. The van der Waals surface area contributed by atoms with Gasteiger partial charge in [0, 0.05) is 18.1 Å². The van der Waals surface area contributed by atoms with Crippen LogP contribution in [0.4, 0.5) is 5.69 Å². The molecule has 0 bridgehead atoms. The Bertz CT molecular complexity index is 868. The second-order valence-corrected chi connectivity index (χ2v) is 8.01. The number of ether oxygens (including phenoxy) is 1. The van der Waals surface area contributed by atoms with Gasteiger partial charge in [-0.2, -0.15) is 0 Å². The Morgan fingerprint density at radius 1 is 1.14 bits per heavy atom. The van der Waals surface area contributed by atoms with E-state index in [4.69, 9.17) is 16.3 Å². The number of hydrogen-bond acceptors (Lipinski definition) is 3. The molecule has 0 aliphatic carbocycles. The first kappa shape index (κ1) is 20.7. The summed E-state index contributed by atoms with van der Waals surface area (Å²) in [5.41, 5.74) is 0.992. The summed E-state index contributed by atoms with van der Waals surface area (Å²) in [6.45, 7) is 3.17. The molecule has 0 saturated carbocycles. The lowest BCUT2D eigenvalue weighted by molar-refractivity contribution is -0.122. The van der Waals surface area contributed by atoms with Crippen LogP contribution in [0.15, 0.2) is 46.9 Å². The van der Waals surface area contributed by atoms with Gasteiger partial charge < -0.3 is 15.0 Å². The van der Waals surface area contributed by atoms with Crippen molar-refractivity contribution in [3.05, 3.63) is 57.5 Å². The molecule has 0 radical (unpaired) electrons. The van der Waals surface area contributed by atoms with Crippen molar-refractivity contribution >= 4 is 45.0 Å². The number of hydrogen-bond donors (Lipinski definition) is 1. The van der Waals surface area contributed by atoms with Crippen LogP contribution in [-0.2, 0) is 4.79 Å². The molecule has 1 N–H and O–H groups in total. The maximum Gasteiger partial charge on any atom is 0.265 e. The van der Waals surface area contributed by atoms with Gasteiger partial charge in [-0.3, -0.25) is 9.59 Å². The van der Waals surface area contributed by atoms with Gasteiger partial charge in [0.05, 0.1) is 15.7 Å². The van der Waals surface area contributed by atoms with Gasteiger partial charge in [0.1, 0.15) is 5.75 Å². The first-order chi connectivity index (χ1) is 13.5. The second-order valence-electron chi connectivity index (χ2n) is 6.72. The van der Waals surface area contributed by atoms with Crippen LogP contribution in [-0.4, -0.2) is 35.9 Å². The summed E-state index contributed by atoms with van der Waals surface area (Å²) in [4.78, 5) is 27.4. The lowest BCUT2D eigenvalue weighted by Gasteiger charge is -2.27. The van der Waals surface area contributed by atoms with Crippen molar-refractivity contribution in [2.75, 3.05) is 18.4 Å². The van der Waals surface area contributed by atoms with Crippen LogP contribution in [0.3, 0.4) is 0 Å². The van der Waals surface area contributed by atoms with Crippen LogP contribution in [0.2, 0.25) is 5.02 Å². The number of nitrogens with one attached hydrogen (secondary N) is 1. The normalized spacial score (nSPS) is 15.0. The Morgan fingerprint density at radius 3 is 2.57 bits per heavy atom. The SMILES string of the molecule is C[C@@H](Oc1ccc(Cl)cc1Br)C(=O)Nc1ccccc1C(=O)N1CCCCC1. The quantitative estimate of drug-likeness (QED) is 0.665. The van der Waals surface area contributed by atoms with Gasteiger partial charge in [0.25, 0.3) is 11.8 Å². The zero-order chi connectivity index (χ0) is 20.1. The number of benzene rings is 2. The van der Waals surface area contributed by atoms with E-state index in [1.807, 2.05) is 4.90 Å². The maximum atomic E-state index is 12.9. The molecule has 5 nitrogen and oxygen atoms in total. The van der Waals surface area contributed by atoms with E-state index in [1.165, 1.54) is 0 Å². The Balaban J connectivity index is 1.70. The zero-order valence-electron chi connectivity index (χ0n) is 15.6. The number of halogens is 2. The number of piperidine rings is 1. The van der Waals surface area contributed by atoms with Crippen molar-refractivity contribution in [2.24, 2.45) is 0 Å². The number of amides is 2. The van der Waals surface area contributed by atoms with E-state index in [2.05, 4.69) is 21.2 Å². The molecule has 0 spiro atoms. The summed E-state index contributed by atoms with van der Waals surface area (Å²) in [7, 11) is 0. The van der Waals surface area contributed by atoms with Crippen LogP contribution in [0.5, 0.6) is 5.75 Å². The molecule has 0 aromatic heterocycles. The number of para-hydroxylation sites is 1. The molecule has 148 valence electrons. The molecule has 28 heavy (non-hydrogen) atoms. The van der Waals surface area contributed by atoms with Crippen molar-refractivity contribution in [3.63, 3.8) is 0 Å². The van der Waals surface area contributed by atoms with Gasteiger partial charge >= 0.3 is 0 Å². The molecule has 2 aromatic carbocycles. The van der Waals surface area contributed by atoms with E-state index in [9.17, 15) is 9.59 Å². The molecule has 1 fully saturated rings. The van der Waals surface area contributed by atoms with E-state index in [0.29, 0.717) is 26.5 Å². The lowest BCUT2D eigenvalue weighted by Crippen LogP contribution is -2.36. The highest BCUT2D eigenvalue weighted by atomic mass is 79.9. The number of carbonyl (C=O) groups is 2. The monoisotopic (exact) mass is 464 g/mol. The molecular formula is C21H22BrClN2O3. The fourth-order valence-corrected chi connectivity index (χ4v) is 3.87. The van der Waals surface area contributed by atoms with Crippen molar-refractivity contribution in [3.8, 4) is 5.75 Å². The molecule has 1 aliphatic rings. The minimum Gasteiger partial charge on any atom is -0.480 e. The molecular weight excluding hydrogens is 444 g/mol. The first-order valence-corrected chi connectivity index (χ1v) is 10.4. The van der Waals surface area contributed by atoms with E-state index in [-0.39, 0.29) is 11.8 Å². The van der Waals surface area contributed by atoms with E-state index >= 15 is 0 Å². The van der Waals surface area contributed by atoms with Crippen molar-refractivity contribution < 1.29 is 14.3 Å². The summed E-state index contributed by atoms with van der Waals surface area (Å²) in [6.07, 6.45) is 2.43. The molecule has 1 saturated heterocycles. The largest absolute Gasteiger partial charge is 0.480 e. The third kappa shape index (κ3) is 5.06. The van der Waals surface area contributed by atoms with Gasteiger partial charge in [-0.05, 0) is 72.4 Å². The molecule has 1 heterocycles. The van der Waals surface area contributed by atoms with Crippen molar-refractivity contribution in [2.45, 2.75) is 32.3 Å². The molecule has 0 unspecified atom stereocenters. The Morgan fingerprint density at radius 2 is 1.86 bits per heavy atom. The maximum absolute atomic E-state index is 12.9. The summed E-state index contributed by atoms with van der Waals surface area (Å²) < 4.78 is 6.40. The van der Waals surface area contributed by atoms with Gasteiger partial charge in [0.2, 0.25) is 0 Å². The van der Waals surface area contributed by atoms with Gasteiger partial charge in [0.15, 0.2) is 6.10 Å². The Labute approximate surface area is 178 Å². The average molecular weight is 466 g/mol.